The Kier molecular flexibility index (Phi) is 4.19. The van der Waals surface area contributed by atoms with Crippen molar-refractivity contribution in [2.24, 2.45) is 0 Å². The molecule has 0 amide bonds. The van der Waals surface area contributed by atoms with Gasteiger partial charge in [0.15, 0.2) is 0 Å². The molecule has 4 atom stereocenters. The van der Waals surface area contributed by atoms with E-state index in [-0.39, 0.29) is 6.10 Å². The molecule has 0 aromatic heterocycles. The Hall–Kier alpha value is -0.0951. The fourth-order valence-corrected chi connectivity index (χ4v) is 1.33. The van der Waals surface area contributed by atoms with E-state index < -0.39 is 18.2 Å². The van der Waals surface area contributed by atoms with Crippen molar-refractivity contribution in [3.05, 3.63) is 0 Å². The second kappa shape index (κ2) is 4.95. The maximum absolute atomic E-state index is 9.56. The largest absolute Gasteiger partial charge is 0.388 e. The molecule has 1 saturated heterocycles. The van der Waals surface area contributed by atoms with E-state index in [0.29, 0.717) is 13.2 Å². The van der Waals surface area contributed by atoms with E-state index >= 15 is 0 Å². The van der Waals surface area contributed by atoms with Gasteiger partial charge in [0.2, 0.25) is 0 Å². The van der Waals surface area contributed by atoms with Crippen molar-refractivity contribution in [1.82, 2.24) is 0 Å². The first-order chi connectivity index (χ1) is 6.16. The van der Waals surface area contributed by atoms with Gasteiger partial charge in [0.25, 0.3) is 0 Å². The van der Waals surface area contributed by atoms with E-state index in [2.05, 4.69) is 0 Å². The first-order valence-electron chi connectivity index (χ1n) is 4.36. The summed E-state index contributed by atoms with van der Waals surface area (Å²) in [7, 11) is 7.18. The molecule has 74 valence electrons. The number of methoxy groups -OCH3 is 1. The van der Waals surface area contributed by atoms with Crippen LogP contribution in [0.25, 0.3) is 0 Å². The fourth-order valence-electron chi connectivity index (χ4n) is 1.33. The Labute approximate surface area is 79.6 Å². The number of aliphatic hydroxyl groups excluding tert-OH is 1. The summed E-state index contributed by atoms with van der Waals surface area (Å²) in [5, 5.41) is 9.56. The molecule has 1 aliphatic rings. The van der Waals surface area contributed by atoms with E-state index in [0.717, 1.165) is 0 Å². The quantitative estimate of drug-likeness (QED) is 0.465. The topological polar surface area (TPSA) is 47.9 Å². The van der Waals surface area contributed by atoms with E-state index in [1.807, 2.05) is 0 Å². The summed E-state index contributed by atoms with van der Waals surface area (Å²) in [5.41, 5.74) is 0. The molecule has 1 fully saturated rings. The number of aliphatic hydroxyl groups is 1. The van der Waals surface area contributed by atoms with Gasteiger partial charge in [-0.2, -0.15) is 0 Å². The minimum Gasteiger partial charge on any atom is -0.388 e. The van der Waals surface area contributed by atoms with Crippen molar-refractivity contribution in [2.75, 3.05) is 20.3 Å². The second-order valence-corrected chi connectivity index (χ2v) is 3.12. The monoisotopic (exact) mass is 186 g/mol. The molecule has 13 heavy (non-hydrogen) atoms. The molecular weight excluding hydrogens is 171 g/mol. The van der Waals surface area contributed by atoms with Crippen molar-refractivity contribution in [2.45, 2.75) is 31.2 Å². The van der Waals surface area contributed by atoms with Crippen LogP contribution in [0.3, 0.4) is 0 Å². The average molecular weight is 186 g/mol. The van der Waals surface area contributed by atoms with Crippen molar-refractivity contribution >= 4 is 7.85 Å². The van der Waals surface area contributed by atoms with Crippen molar-refractivity contribution in [3.63, 3.8) is 0 Å². The van der Waals surface area contributed by atoms with Gasteiger partial charge in [0, 0.05) is 13.1 Å². The summed E-state index contributed by atoms with van der Waals surface area (Å²) in [6, 6.07) is -0.540. The Morgan fingerprint density at radius 2 is 2.15 bits per heavy atom. The van der Waals surface area contributed by atoms with Gasteiger partial charge < -0.3 is 19.3 Å². The third kappa shape index (κ3) is 2.67. The number of hydrogen-bond donors (Lipinski definition) is 1. The number of rotatable bonds is 4. The van der Waals surface area contributed by atoms with Gasteiger partial charge in [-0.1, -0.05) is 0 Å². The van der Waals surface area contributed by atoms with Crippen molar-refractivity contribution in [3.8, 4) is 0 Å². The SMILES string of the molecule is [B][C@@H]1O[C@H](C)C(O)C1OCCOC. The summed E-state index contributed by atoms with van der Waals surface area (Å²) in [6.07, 6.45) is -1.35. The summed E-state index contributed by atoms with van der Waals surface area (Å²) in [4.78, 5) is 0. The highest BCUT2D eigenvalue weighted by molar-refractivity contribution is 6.11. The first kappa shape index (κ1) is 11.0. The molecule has 1 N–H and O–H groups in total. The van der Waals surface area contributed by atoms with Crippen LogP contribution in [0.15, 0.2) is 0 Å². The van der Waals surface area contributed by atoms with Gasteiger partial charge in [0.1, 0.15) is 20.1 Å². The molecule has 1 heterocycles. The van der Waals surface area contributed by atoms with Crippen molar-refractivity contribution < 1.29 is 19.3 Å². The van der Waals surface area contributed by atoms with Crippen LogP contribution in [0.5, 0.6) is 0 Å². The molecule has 0 aromatic carbocycles. The van der Waals surface area contributed by atoms with Gasteiger partial charge in [0.05, 0.1) is 19.3 Å². The fraction of sp³-hybridized carbons (Fsp3) is 1.00. The molecule has 0 aliphatic carbocycles. The average Bonchev–Trinajstić information content (AvgIpc) is 2.32. The van der Waals surface area contributed by atoms with E-state index in [9.17, 15) is 5.11 Å². The Morgan fingerprint density at radius 1 is 1.46 bits per heavy atom. The third-order valence-corrected chi connectivity index (χ3v) is 2.11. The van der Waals surface area contributed by atoms with Crippen LogP contribution in [0.1, 0.15) is 6.92 Å². The molecule has 2 unspecified atom stereocenters. The number of ether oxygens (including phenoxy) is 3. The van der Waals surface area contributed by atoms with Gasteiger partial charge in [-0.3, -0.25) is 0 Å². The molecular formula is C8H15BO4. The molecule has 5 heteroatoms. The maximum atomic E-state index is 9.56. The van der Waals surface area contributed by atoms with Crippen LogP contribution in [-0.4, -0.2) is 57.6 Å². The molecule has 0 bridgehead atoms. The standard InChI is InChI=1S/C8H15BO4/c1-5-6(10)7(8(9)13-5)12-4-3-11-2/h5-8,10H,3-4H2,1-2H3/t5-,6?,7?,8-/m1/s1. The molecule has 0 saturated carbocycles. The Morgan fingerprint density at radius 3 is 2.62 bits per heavy atom. The second-order valence-electron chi connectivity index (χ2n) is 3.12. The first-order valence-corrected chi connectivity index (χ1v) is 4.36. The Bertz CT molecular complexity index is 155. The minimum atomic E-state index is -0.646. The molecule has 0 aromatic rings. The maximum Gasteiger partial charge on any atom is 0.112 e. The van der Waals surface area contributed by atoms with Crippen LogP contribution in [-0.2, 0) is 14.2 Å². The summed E-state index contributed by atoms with van der Waals surface area (Å²) < 4.78 is 15.3. The zero-order valence-electron chi connectivity index (χ0n) is 7.97. The smallest absolute Gasteiger partial charge is 0.112 e. The highest BCUT2D eigenvalue weighted by atomic mass is 16.6. The minimum absolute atomic E-state index is 0.262. The lowest BCUT2D eigenvalue weighted by molar-refractivity contribution is -0.0373. The lowest BCUT2D eigenvalue weighted by Crippen LogP contribution is -2.35. The van der Waals surface area contributed by atoms with Crippen LogP contribution < -0.4 is 0 Å². The lowest BCUT2D eigenvalue weighted by atomic mass is 9.93. The zero-order chi connectivity index (χ0) is 9.84. The molecule has 1 aliphatic heterocycles. The zero-order valence-corrected chi connectivity index (χ0v) is 7.97. The van der Waals surface area contributed by atoms with Gasteiger partial charge in [-0.25, -0.2) is 0 Å². The predicted molar refractivity (Wildman–Crippen MR) is 47.7 cm³/mol. The Balaban J connectivity index is 2.31. The van der Waals surface area contributed by atoms with Gasteiger partial charge in [-0.15, -0.1) is 0 Å². The normalized spacial score (nSPS) is 39.6. The van der Waals surface area contributed by atoms with Gasteiger partial charge >= 0.3 is 0 Å². The van der Waals surface area contributed by atoms with E-state index in [4.69, 9.17) is 22.1 Å². The predicted octanol–water partition coefficient (Wildman–Crippen LogP) is -0.708. The summed E-state index contributed by atoms with van der Waals surface area (Å²) >= 11 is 0. The van der Waals surface area contributed by atoms with Crippen LogP contribution in [0.4, 0.5) is 0 Å². The summed E-state index contributed by atoms with van der Waals surface area (Å²) in [6.45, 7) is 2.68. The van der Waals surface area contributed by atoms with Crippen LogP contribution >= 0.6 is 0 Å². The highest BCUT2D eigenvalue weighted by Crippen LogP contribution is 2.21. The van der Waals surface area contributed by atoms with Crippen LogP contribution in [0.2, 0.25) is 0 Å². The number of hydrogen-bond acceptors (Lipinski definition) is 4. The van der Waals surface area contributed by atoms with Crippen LogP contribution in [0, 0.1) is 0 Å². The molecule has 4 nitrogen and oxygen atoms in total. The van der Waals surface area contributed by atoms with Crippen molar-refractivity contribution in [1.29, 1.82) is 0 Å². The summed E-state index contributed by atoms with van der Waals surface area (Å²) in [5.74, 6) is 0. The van der Waals surface area contributed by atoms with E-state index in [1.54, 1.807) is 14.0 Å². The lowest BCUT2D eigenvalue weighted by Gasteiger charge is -2.18. The third-order valence-electron chi connectivity index (χ3n) is 2.11. The molecule has 2 radical (unpaired) electrons. The van der Waals surface area contributed by atoms with Gasteiger partial charge in [-0.05, 0) is 6.92 Å². The molecule has 1 rings (SSSR count). The highest BCUT2D eigenvalue weighted by Gasteiger charge is 2.38. The van der Waals surface area contributed by atoms with E-state index in [1.165, 1.54) is 0 Å². The molecule has 0 spiro atoms.